The van der Waals surface area contributed by atoms with Crippen LogP contribution in [-0.4, -0.2) is 80.5 Å². The maximum absolute atomic E-state index is 13.2. The summed E-state index contributed by atoms with van der Waals surface area (Å²) in [6.45, 7) is 6.13. The fraction of sp³-hybridized carbons (Fsp3) is 0.630. The Kier molecular flexibility index (Phi) is 13.3. The molecule has 1 aromatic heterocycles. The van der Waals surface area contributed by atoms with Gasteiger partial charge in [-0.3, -0.25) is 9.59 Å². The number of alkyl halides is 3. The number of ether oxygens (including phenoxy) is 6. The summed E-state index contributed by atoms with van der Waals surface area (Å²) in [5, 5.41) is 2.60. The van der Waals surface area contributed by atoms with E-state index in [1.54, 1.807) is 6.92 Å². The number of rotatable bonds is 12. The molecule has 4 atom stereocenters. The summed E-state index contributed by atoms with van der Waals surface area (Å²) < 4.78 is 70.3. The fourth-order valence-corrected chi connectivity index (χ4v) is 3.95. The van der Waals surface area contributed by atoms with Crippen molar-refractivity contribution in [3.63, 3.8) is 0 Å². The molecule has 1 N–H and O–H groups in total. The van der Waals surface area contributed by atoms with Gasteiger partial charge in [-0.1, -0.05) is 19.9 Å². The number of carbonyl (C=O) groups is 3. The third-order valence-corrected chi connectivity index (χ3v) is 5.81. The first-order valence-corrected chi connectivity index (χ1v) is 13.1. The maximum Gasteiger partial charge on any atom is 0.409 e. The van der Waals surface area contributed by atoms with E-state index >= 15 is 0 Å². The highest BCUT2D eigenvalue weighted by Gasteiger charge is 2.36. The highest BCUT2D eigenvalue weighted by Crippen LogP contribution is 2.30. The summed E-state index contributed by atoms with van der Waals surface area (Å²) >= 11 is 0. The second kappa shape index (κ2) is 16.2. The highest BCUT2D eigenvalue weighted by molar-refractivity contribution is 5.98. The van der Waals surface area contributed by atoms with Gasteiger partial charge in [0.25, 0.3) is 5.91 Å². The van der Waals surface area contributed by atoms with E-state index in [4.69, 9.17) is 28.4 Å². The highest BCUT2D eigenvalue weighted by atomic mass is 19.4. The van der Waals surface area contributed by atoms with Gasteiger partial charge in [0.2, 0.25) is 6.79 Å². The number of cyclic esters (lactones) is 1. The van der Waals surface area contributed by atoms with Crippen molar-refractivity contribution in [3.8, 4) is 11.5 Å². The van der Waals surface area contributed by atoms with Gasteiger partial charge in [0.15, 0.2) is 17.2 Å². The minimum Gasteiger partial charge on any atom is -0.493 e. The smallest absolute Gasteiger partial charge is 0.409 e. The fourth-order valence-electron chi connectivity index (χ4n) is 3.95. The van der Waals surface area contributed by atoms with Gasteiger partial charge in [0.05, 0.1) is 19.8 Å². The van der Waals surface area contributed by atoms with E-state index in [1.807, 2.05) is 13.8 Å². The molecule has 1 fully saturated rings. The van der Waals surface area contributed by atoms with Crippen molar-refractivity contribution in [1.29, 1.82) is 0 Å². The number of allylic oxidation sites excluding steroid dienone is 1. The molecule has 11 nitrogen and oxygen atoms in total. The molecule has 0 bridgehead atoms. The molecule has 41 heavy (non-hydrogen) atoms. The zero-order valence-electron chi connectivity index (χ0n) is 23.7. The second-order valence-corrected chi connectivity index (χ2v) is 9.70. The van der Waals surface area contributed by atoms with E-state index in [2.05, 4.69) is 10.3 Å². The Morgan fingerprint density at radius 2 is 1.98 bits per heavy atom. The van der Waals surface area contributed by atoms with Gasteiger partial charge in [-0.15, -0.1) is 0 Å². The molecule has 0 spiro atoms. The van der Waals surface area contributed by atoms with Crippen LogP contribution in [0.1, 0.15) is 57.4 Å². The first-order valence-electron chi connectivity index (χ1n) is 13.1. The minimum absolute atomic E-state index is 0.0746. The number of halogens is 3. The summed E-state index contributed by atoms with van der Waals surface area (Å²) in [5.74, 6) is -1.91. The number of aromatic nitrogens is 1. The third kappa shape index (κ3) is 11.6. The Morgan fingerprint density at radius 1 is 1.24 bits per heavy atom. The van der Waals surface area contributed by atoms with Crippen LogP contribution in [0.15, 0.2) is 24.4 Å². The Morgan fingerprint density at radius 3 is 2.61 bits per heavy atom. The standard InChI is InChI=1S/C27H37F3N2O9/c1-16(2)14-38-21-9-6-8-19(26(35)41-17(3)23(21)37-13-7-11-27(28,29)30)32-25(34)22-24(40-15-39-18(4)33)20(36-5)10-12-31-22/h7,10-12,16-17,19,21,23H,6,8-9,13-15H2,1-5H3,(H,32,34)/b11-7+/t17-,19-,21-,23-/m0/s1. The first-order chi connectivity index (χ1) is 19.3. The van der Waals surface area contributed by atoms with Crippen molar-refractivity contribution in [1.82, 2.24) is 10.3 Å². The molecule has 0 aromatic carbocycles. The lowest BCUT2D eigenvalue weighted by Crippen LogP contribution is -2.46. The lowest BCUT2D eigenvalue weighted by atomic mass is 10.0. The predicted molar refractivity (Wildman–Crippen MR) is 138 cm³/mol. The van der Waals surface area contributed by atoms with Gasteiger partial charge < -0.3 is 33.7 Å². The molecule has 1 saturated heterocycles. The third-order valence-electron chi connectivity index (χ3n) is 5.81. The normalized spacial score (nSPS) is 21.9. The van der Waals surface area contributed by atoms with E-state index in [9.17, 15) is 27.6 Å². The van der Waals surface area contributed by atoms with Gasteiger partial charge in [-0.2, -0.15) is 13.2 Å². The maximum atomic E-state index is 13.2. The molecule has 0 radical (unpaired) electrons. The van der Waals surface area contributed by atoms with Crippen LogP contribution in [0.3, 0.4) is 0 Å². The average molecular weight is 591 g/mol. The van der Waals surface area contributed by atoms with Crippen LogP contribution in [0.25, 0.3) is 0 Å². The van der Waals surface area contributed by atoms with Crippen molar-refractivity contribution in [3.05, 3.63) is 30.1 Å². The van der Waals surface area contributed by atoms with Crippen molar-refractivity contribution < 1.29 is 56.0 Å². The Hall–Kier alpha value is -3.39. The van der Waals surface area contributed by atoms with Crippen LogP contribution in [0.5, 0.6) is 11.5 Å². The summed E-state index contributed by atoms with van der Waals surface area (Å²) in [5.41, 5.74) is -0.215. The molecule has 1 amide bonds. The quantitative estimate of drug-likeness (QED) is 0.218. The number of hydrogen-bond acceptors (Lipinski definition) is 10. The van der Waals surface area contributed by atoms with Crippen LogP contribution in [0.2, 0.25) is 0 Å². The summed E-state index contributed by atoms with van der Waals surface area (Å²) in [4.78, 5) is 41.4. The van der Waals surface area contributed by atoms with Gasteiger partial charge in [0, 0.05) is 31.9 Å². The topological polar surface area (TPSA) is 132 Å². The predicted octanol–water partition coefficient (Wildman–Crippen LogP) is 3.75. The van der Waals surface area contributed by atoms with Crippen LogP contribution in [0.4, 0.5) is 13.2 Å². The molecule has 1 aliphatic rings. The molecule has 0 aliphatic carbocycles. The van der Waals surface area contributed by atoms with Crippen molar-refractivity contribution in [2.24, 2.45) is 5.92 Å². The van der Waals surface area contributed by atoms with Crippen LogP contribution in [0, 0.1) is 5.92 Å². The number of nitrogens with one attached hydrogen (secondary N) is 1. The monoisotopic (exact) mass is 590 g/mol. The largest absolute Gasteiger partial charge is 0.493 e. The number of pyridine rings is 1. The number of carbonyl (C=O) groups excluding carboxylic acids is 3. The molecule has 2 heterocycles. The molecule has 1 aromatic rings. The number of hydrogen-bond donors (Lipinski definition) is 1. The molecule has 14 heteroatoms. The molecule has 2 rings (SSSR count). The number of nitrogens with zero attached hydrogens (tertiary/aromatic N) is 1. The van der Waals surface area contributed by atoms with Crippen LogP contribution >= 0.6 is 0 Å². The summed E-state index contributed by atoms with van der Waals surface area (Å²) in [6, 6.07) is 0.353. The van der Waals surface area contributed by atoms with E-state index < -0.39 is 55.2 Å². The molecule has 230 valence electrons. The molecular formula is C27H37F3N2O9. The van der Waals surface area contributed by atoms with Crippen molar-refractivity contribution in [2.45, 2.75) is 77.5 Å². The van der Waals surface area contributed by atoms with Gasteiger partial charge in [-0.05, 0) is 32.1 Å². The van der Waals surface area contributed by atoms with Crippen LogP contribution < -0.4 is 14.8 Å². The number of methoxy groups -OCH3 is 1. The molecule has 0 saturated carbocycles. The zero-order valence-corrected chi connectivity index (χ0v) is 23.7. The lowest BCUT2D eigenvalue weighted by Gasteiger charge is -2.31. The summed E-state index contributed by atoms with van der Waals surface area (Å²) in [7, 11) is 1.35. The van der Waals surface area contributed by atoms with E-state index in [0.29, 0.717) is 19.4 Å². The Labute approximate surface area is 236 Å². The van der Waals surface area contributed by atoms with E-state index in [1.165, 1.54) is 26.3 Å². The number of esters is 2. The number of amides is 1. The van der Waals surface area contributed by atoms with E-state index in [-0.39, 0.29) is 42.2 Å². The Bertz CT molecular complexity index is 1050. The SMILES string of the molecule is COc1ccnc(C(=O)N[C@H]2CCC[C@H](OCC(C)C)[C@@H](OC/C=C/C(F)(F)F)[C@H](C)OC2=O)c1OCOC(C)=O. The van der Waals surface area contributed by atoms with Crippen LogP contribution in [-0.2, 0) is 28.5 Å². The zero-order chi connectivity index (χ0) is 30.6. The van der Waals surface area contributed by atoms with E-state index in [0.717, 1.165) is 6.08 Å². The van der Waals surface area contributed by atoms with Gasteiger partial charge in [-0.25, -0.2) is 9.78 Å². The molecule has 1 aliphatic heterocycles. The van der Waals surface area contributed by atoms with Crippen molar-refractivity contribution >= 4 is 17.8 Å². The lowest BCUT2D eigenvalue weighted by molar-refractivity contribution is -0.167. The Balaban J connectivity index is 2.21. The van der Waals surface area contributed by atoms with Crippen molar-refractivity contribution in [2.75, 3.05) is 27.1 Å². The van der Waals surface area contributed by atoms with Gasteiger partial charge >= 0.3 is 18.1 Å². The second-order valence-electron chi connectivity index (χ2n) is 9.70. The first kappa shape index (κ1) is 33.8. The molecular weight excluding hydrogens is 553 g/mol. The summed E-state index contributed by atoms with van der Waals surface area (Å²) in [6.07, 6.45) is -3.64. The average Bonchev–Trinajstić information content (AvgIpc) is 2.93. The molecule has 0 unspecified atom stereocenters. The minimum atomic E-state index is -4.48. The van der Waals surface area contributed by atoms with Gasteiger partial charge in [0.1, 0.15) is 18.2 Å².